The Bertz CT molecular complexity index is 1260. The van der Waals surface area contributed by atoms with Crippen molar-refractivity contribution >= 4 is 44.8 Å². The molecule has 29 heavy (non-hydrogen) atoms. The van der Waals surface area contributed by atoms with Gasteiger partial charge in [0.25, 0.3) is 0 Å². The lowest BCUT2D eigenvalue weighted by Gasteiger charge is -2.07. The second-order valence-electron chi connectivity index (χ2n) is 6.51. The third kappa shape index (κ3) is 3.72. The smallest absolute Gasteiger partial charge is 0.210 e. The van der Waals surface area contributed by atoms with Gasteiger partial charge in [-0.15, -0.1) is 10.2 Å². The van der Waals surface area contributed by atoms with Gasteiger partial charge in [0.1, 0.15) is 10.8 Å². The van der Waals surface area contributed by atoms with Gasteiger partial charge >= 0.3 is 0 Å². The highest BCUT2D eigenvalue weighted by Crippen LogP contribution is 2.28. The molecule has 0 unspecified atom stereocenters. The Morgan fingerprint density at radius 2 is 1.62 bits per heavy atom. The van der Waals surface area contributed by atoms with Crippen molar-refractivity contribution in [3.05, 3.63) is 88.9 Å². The summed E-state index contributed by atoms with van der Waals surface area (Å²) in [6.07, 6.45) is 0. The highest BCUT2D eigenvalue weighted by atomic mass is 35.5. The van der Waals surface area contributed by atoms with E-state index in [0.29, 0.717) is 11.6 Å². The van der Waals surface area contributed by atoms with Crippen LogP contribution in [-0.2, 0) is 6.54 Å². The molecule has 0 saturated heterocycles. The van der Waals surface area contributed by atoms with Crippen molar-refractivity contribution in [1.29, 1.82) is 0 Å². The van der Waals surface area contributed by atoms with Crippen molar-refractivity contribution in [2.24, 2.45) is 0 Å². The third-order valence-electron chi connectivity index (χ3n) is 4.54. The number of halogens is 1. The quantitative estimate of drug-likeness (QED) is 0.381. The van der Waals surface area contributed by atoms with Gasteiger partial charge < -0.3 is 9.88 Å². The van der Waals surface area contributed by atoms with Crippen LogP contribution in [0.4, 0.5) is 10.8 Å². The highest BCUT2D eigenvalue weighted by molar-refractivity contribution is 7.15. The number of hydrogen-bond acceptors (Lipinski definition) is 5. The van der Waals surface area contributed by atoms with Gasteiger partial charge in [0, 0.05) is 16.3 Å². The Hall–Kier alpha value is -3.22. The topological polar surface area (TPSA) is 55.6 Å². The van der Waals surface area contributed by atoms with E-state index < -0.39 is 0 Å². The van der Waals surface area contributed by atoms with Crippen LogP contribution in [0.1, 0.15) is 5.01 Å². The number of imidazole rings is 1. The molecule has 5 nitrogen and oxygen atoms in total. The number of fused-ring (bicyclic) bond motifs is 1. The molecule has 3 aromatic carbocycles. The first-order valence-corrected chi connectivity index (χ1v) is 10.3. The Balaban J connectivity index is 1.50. The second-order valence-corrected chi connectivity index (χ2v) is 8.01. The van der Waals surface area contributed by atoms with E-state index in [1.807, 2.05) is 72.8 Å². The van der Waals surface area contributed by atoms with Gasteiger partial charge in [0.15, 0.2) is 0 Å². The average molecular weight is 418 g/mol. The van der Waals surface area contributed by atoms with E-state index in [-0.39, 0.29) is 0 Å². The number of nitrogens with zero attached hydrogens (tertiary/aromatic N) is 4. The number of nitrogens with one attached hydrogen (secondary N) is 1. The third-order valence-corrected chi connectivity index (χ3v) is 5.62. The van der Waals surface area contributed by atoms with Crippen LogP contribution in [-0.4, -0.2) is 19.7 Å². The van der Waals surface area contributed by atoms with E-state index in [1.165, 1.54) is 11.3 Å². The Morgan fingerprint density at radius 1 is 0.862 bits per heavy atom. The minimum atomic E-state index is 0.590. The summed E-state index contributed by atoms with van der Waals surface area (Å²) in [5.41, 5.74) is 4.01. The molecule has 0 amide bonds. The maximum atomic E-state index is 6.07. The van der Waals surface area contributed by atoms with E-state index in [2.05, 4.69) is 26.1 Å². The number of aromatic nitrogens is 4. The summed E-state index contributed by atoms with van der Waals surface area (Å²) in [6.45, 7) is 0.590. The molecule has 0 fully saturated rings. The summed E-state index contributed by atoms with van der Waals surface area (Å²) in [5, 5.41) is 14.3. The second kappa shape index (κ2) is 7.66. The number of anilines is 2. The van der Waals surface area contributed by atoms with Crippen LogP contribution in [0.2, 0.25) is 5.02 Å². The fraction of sp³-hybridized carbons (Fsp3) is 0.0455. The highest BCUT2D eigenvalue weighted by Gasteiger charge is 2.15. The number of para-hydroxylation sites is 3. The van der Waals surface area contributed by atoms with E-state index >= 15 is 0 Å². The van der Waals surface area contributed by atoms with Gasteiger partial charge in [-0.25, -0.2) is 4.98 Å². The van der Waals surface area contributed by atoms with Crippen LogP contribution in [0.5, 0.6) is 0 Å². The van der Waals surface area contributed by atoms with Crippen molar-refractivity contribution in [1.82, 2.24) is 19.7 Å². The van der Waals surface area contributed by atoms with E-state index in [4.69, 9.17) is 16.6 Å². The number of rotatable bonds is 5. The minimum Gasteiger partial charge on any atom is -0.330 e. The zero-order chi connectivity index (χ0) is 19.6. The summed E-state index contributed by atoms with van der Waals surface area (Å²) in [6, 6.07) is 25.8. The lowest BCUT2D eigenvalue weighted by atomic mass is 10.2. The van der Waals surface area contributed by atoms with Crippen LogP contribution in [0, 0.1) is 0 Å². The fourth-order valence-corrected chi connectivity index (χ4v) is 4.08. The summed E-state index contributed by atoms with van der Waals surface area (Å²) in [4.78, 5) is 4.84. The minimum absolute atomic E-state index is 0.590. The van der Waals surface area contributed by atoms with Crippen LogP contribution in [0.3, 0.4) is 0 Å². The molecular formula is C22H16ClN5S. The van der Waals surface area contributed by atoms with Gasteiger partial charge in [0.05, 0.1) is 17.6 Å². The SMILES string of the molecule is Clc1ccc(-c2nc3ccccc3n2Cc2nnc(Nc3ccccc3)s2)cc1. The molecule has 0 atom stereocenters. The molecule has 0 aliphatic rings. The molecule has 0 aliphatic heterocycles. The maximum absolute atomic E-state index is 6.07. The predicted molar refractivity (Wildman–Crippen MR) is 119 cm³/mol. The Labute approximate surface area is 176 Å². The van der Waals surface area contributed by atoms with Gasteiger partial charge in [-0.1, -0.05) is 53.3 Å². The predicted octanol–water partition coefficient (Wildman–Crippen LogP) is 6.00. The molecule has 0 aliphatic carbocycles. The van der Waals surface area contributed by atoms with Crippen molar-refractivity contribution < 1.29 is 0 Å². The average Bonchev–Trinajstić information content (AvgIpc) is 3.34. The van der Waals surface area contributed by atoms with E-state index in [1.54, 1.807) is 0 Å². The fourth-order valence-electron chi connectivity index (χ4n) is 3.20. The molecule has 5 aromatic rings. The van der Waals surface area contributed by atoms with Gasteiger partial charge in [-0.3, -0.25) is 0 Å². The van der Waals surface area contributed by atoms with Crippen molar-refractivity contribution in [2.75, 3.05) is 5.32 Å². The normalized spacial score (nSPS) is 11.1. The molecule has 142 valence electrons. The first-order chi connectivity index (χ1) is 14.3. The molecule has 0 bridgehead atoms. The monoisotopic (exact) mass is 417 g/mol. The zero-order valence-electron chi connectivity index (χ0n) is 15.3. The van der Waals surface area contributed by atoms with Crippen LogP contribution >= 0.6 is 22.9 Å². The maximum Gasteiger partial charge on any atom is 0.210 e. The molecule has 5 rings (SSSR count). The van der Waals surface area contributed by atoms with Gasteiger partial charge in [0.2, 0.25) is 5.13 Å². The van der Waals surface area contributed by atoms with Crippen LogP contribution in [0.15, 0.2) is 78.9 Å². The number of benzene rings is 3. The first kappa shape index (κ1) is 17.8. The lowest BCUT2D eigenvalue weighted by molar-refractivity contribution is 0.809. The molecule has 0 saturated carbocycles. The molecule has 7 heteroatoms. The summed E-state index contributed by atoms with van der Waals surface area (Å²) in [7, 11) is 0. The first-order valence-electron chi connectivity index (χ1n) is 9.12. The van der Waals surface area contributed by atoms with Crippen molar-refractivity contribution in [3.8, 4) is 11.4 Å². The lowest BCUT2D eigenvalue weighted by Crippen LogP contribution is -2.02. The molecule has 0 radical (unpaired) electrons. The van der Waals surface area contributed by atoms with E-state index in [9.17, 15) is 0 Å². The Morgan fingerprint density at radius 3 is 2.45 bits per heavy atom. The summed E-state index contributed by atoms with van der Waals surface area (Å²) in [5.74, 6) is 0.885. The largest absolute Gasteiger partial charge is 0.330 e. The zero-order valence-corrected chi connectivity index (χ0v) is 16.9. The van der Waals surface area contributed by atoms with Crippen molar-refractivity contribution in [2.45, 2.75) is 6.54 Å². The summed E-state index contributed by atoms with van der Waals surface area (Å²) < 4.78 is 2.17. The van der Waals surface area contributed by atoms with Crippen LogP contribution in [0.25, 0.3) is 22.4 Å². The number of hydrogen-bond donors (Lipinski definition) is 1. The molecule has 0 spiro atoms. The van der Waals surface area contributed by atoms with Crippen molar-refractivity contribution in [3.63, 3.8) is 0 Å². The van der Waals surface area contributed by atoms with Crippen LogP contribution < -0.4 is 5.32 Å². The van der Waals surface area contributed by atoms with Gasteiger partial charge in [-0.2, -0.15) is 0 Å². The standard InChI is InChI=1S/C22H16ClN5S/c23-16-12-10-15(11-13-16)21-25-18-8-4-5-9-19(18)28(21)14-20-26-27-22(29-20)24-17-6-2-1-3-7-17/h1-13H,14H2,(H,24,27). The molecule has 1 N–H and O–H groups in total. The molecule has 2 heterocycles. The van der Waals surface area contributed by atoms with E-state index in [0.717, 1.165) is 38.2 Å². The molecular weight excluding hydrogens is 402 g/mol. The summed E-state index contributed by atoms with van der Waals surface area (Å²) >= 11 is 7.60. The van der Waals surface area contributed by atoms with Gasteiger partial charge in [-0.05, 0) is 48.5 Å². The molecule has 2 aromatic heterocycles. The Kier molecular flexibility index (Phi) is 4.71.